The molecule has 0 aliphatic heterocycles. The molecule has 0 fully saturated rings. The molecule has 3 N–H and O–H groups in total. The van der Waals surface area contributed by atoms with E-state index in [1.807, 2.05) is 0 Å². The standard InChI is InChI=1S/C9H9ClN2O3/c10-6-3-5(4-12-9(6)15)8(14)7(13)1-2-11/h3-4,7-8,13-14H,1H2,(H,12,15). The van der Waals surface area contributed by atoms with Gasteiger partial charge in [0, 0.05) is 11.8 Å². The van der Waals surface area contributed by atoms with Gasteiger partial charge in [0.2, 0.25) is 0 Å². The molecule has 6 heteroatoms. The maximum absolute atomic E-state index is 10.9. The van der Waals surface area contributed by atoms with Gasteiger partial charge in [-0.3, -0.25) is 4.79 Å². The summed E-state index contributed by atoms with van der Waals surface area (Å²) in [5, 5.41) is 27.1. The van der Waals surface area contributed by atoms with Gasteiger partial charge in [0.25, 0.3) is 5.56 Å². The molecule has 0 bridgehead atoms. The molecule has 0 amide bonds. The molecule has 0 saturated heterocycles. The molecule has 1 rings (SSSR count). The first-order chi connectivity index (χ1) is 7.06. The number of hydrogen-bond acceptors (Lipinski definition) is 4. The van der Waals surface area contributed by atoms with E-state index in [2.05, 4.69) is 4.98 Å². The quantitative estimate of drug-likeness (QED) is 0.695. The first-order valence-corrected chi connectivity index (χ1v) is 4.55. The zero-order valence-corrected chi connectivity index (χ0v) is 8.40. The zero-order chi connectivity index (χ0) is 11.4. The van der Waals surface area contributed by atoms with E-state index in [0.29, 0.717) is 0 Å². The molecular formula is C9H9ClN2O3. The number of aliphatic hydroxyl groups excluding tert-OH is 2. The number of H-pyrrole nitrogens is 1. The van der Waals surface area contributed by atoms with Crippen LogP contribution in [0, 0.1) is 11.3 Å². The Morgan fingerprint density at radius 2 is 2.27 bits per heavy atom. The van der Waals surface area contributed by atoms with Gasteiger partial charge < -0.3 is 15.2 Å². The summed E-state index contributed by atoms with van der Waals surface area (Å²) < 4.78 is 0. The molecule has 15 heavy (non-hydrogen) atoms. The molecule has 0 aliphatic carbocycles. The number of aromatic nitrogens is 1. The van der Waals surface area contributed by atoms with Crippen molar-refractivity contribution in [2.24, 2.45) is 0 Å². The highest BCUT2D eigenvalue weighted by molar-refractivity contribution is 6.30. The van der Waals surface area contributed by atoms with Crippen LogP contribution in [-0.4, -0.2) is 21.3 Å². The molecule has 0 saturated carbocycles. The van der Waals surface area contributed by atoms with E-state index < -0.39 is 17.8 Å². The Hall–Kier alpha value is -1.35. The normalized spacial score (nSPS) is 14.3. The van der Waals surface area contributed by atoms with E-state index in [0.717, 1.165) is 0 Å². The van der Waals surface area contributed by atoms with E-state index in [1.165, 1.54) is 12.3 Å². The highest BCUT2D eigenvalue weighted by atomic mass is 35.5. The molecule has 0 radical (unpaired) electrons. The average molecular weight is 229 g/mol. The lowest BCUT2D eigenvalue weighted by molar-refractivity contribution is 0.0214. The fourth-order valence-electron chi connectivity index (χ4n) is 1.07. The number of aromatic amines is 1. The van der Waals surface area contributed by atoms with E-state index in [-0.39, 0.29) is 17.0 Å². The van der Waals surface area contributed by atoms with Crippen LogP contribution in [0.15, 0.2) is 17.1 Å². The van der Waals surface area contributed by atoms with E-state index in [4.69, 9.17) is 16.9 Å². The molecule has 2 atom stereocenters. The molecule has 0 aromatic carbocycles. The number of aliphatic hydroxyl groups is 2. The van der Waals surface area contributed by atoms with Crippen LogP contribution in [0.1, 0.15) is 18.1 Å². The summed E-state index contributed by atoms with van der Waals surface area (Å²) >= 11 is 5.54. The number of nitrogens with one attached hydrogen (secondary N) is 1. The van der Waals surface area contributed by atoms with Crippen LogP contribution in [-0.2, 0) is 0 Å². The van der Waals surface area contributed by atoms with Crippen molar-refractivity contribution in [2.75, 3.05) is 0 Å². The topological polar surface area (TPSA) is 97.1 Å². The Balaban J connectivity index is 2.92. The summed E-state index contributed by atoms with van der Waals surface area (Å²) in [5.74, 6) is 0. The van der Waals surface area contributed by atoms with Crippen molar-refractivity contribution < 1.29 is 10.2 Å². The molecule has 1 heterocycles. The zero-order valence-electron chi connectivity index (χ0n) is 7.64. The Labute approximate surface area is 90.6 Å². The maximum Gasteiger partial charge on any atom is 0.266 e. The van der Waals surface area contributed by atoms with Gasteiger partial charge >= 0.3 is 0 Å². The number of nitrogens with zero attached hydrogens (tertiary/aromatic N) is 1. The van der Waals surface area contributed by atoms with Crippen molar-refractivity contribution in [3.63, 3.8) is 0 Å². The van der Waals surface area contributed by atoms with Gasteiger partial charge in [-0.05, 0) is 6.07 Å². The van der Waals surface area contributed by atoms with Crippen LogP contribution >= 0.6 is 11.6 Å². The van der Waals surface area contributed by atoms with Crippen molar-refractivity contribution in [1.82, 2.24) is 4.98 Å². The lowest BCUT2D eigenvalue weighted by Gasteiger charge is -2.15. The lowest BCUT2D eigenvalue weighted by Crippen LogP contribution is -2.19. The molecular weight excluding hydrogens is 220 g/mol. The fraction of sp³-hybridized carbons (Fsp3) is 0.333. The van der Waals surface area contributed by atoms with Gasteiger partial charge in [-0.1, -0.05) is 11.6 Å². The Kier molecular flexibility index (Phi) is 3.86. The van der Waals surface area contributed by atoms with Gasteiger partial charge in [-0.15, -0.1) is 0 Å². The van der Waals surface area contributed by atoms with Crippen molar-refractivity contribution in [2.45, 2.75) is 18.6 Å². The second-order valence-electron chi connectivity index (χ2n) is 2.98. The molecule has 0 spiro atoms. The number of pyridine rings is 1. The number of rotatable bonds is 3. The van der Waals surface area contributed by atoms with Gasteiger partial charge in [0.05, 0.1) is 18.6 Å². The van der Waals surface area contributed by atoms with Crippen molar-refractivity contribution in [1.29, 1.82) is 5.26 Å². The number of nitriles is 1. The summed E-state index contributed by atoms with van der Waals surface area (Å²) in [6.07, 6.45) is -1.38. The molecule has 5 nitrogen and oxygen atoms in total. The van der Waals surface area contributed by atoms with Crippen LogP contribution < -0.4 is 5.56 Å². The second-order valence-corrected chi connectivity index (χ2v) is 3.39. The minimum Gasteiger partial charge on any atom is -0.389 e. The molecule has 1 aromatic rings. The van der Waals surface area contributed by atoms with Crippen molar-refractivity contribution in [3.05, 3.63) is 33.2 Å². The van der Waals surface area contributed by atoms with Crippen LogP contribution in [0.4, 0.5) is 0 Å². The average Bonchev–Trinajstić information content (AvgIpc) is 2.21. The lowest BCUT2D eigenvalue weighted by atomic mass is 10.0. The summed E-state index contributed by atoms with van der Waals surface area (Å²) in [5.41, 5.74) is -0.204. The van der Waals surface area contributed by atoms with Crippen LogP contribution in [0.2, 0.25) is 5.02 Å². The fourth-order valence-corrected chi connectivity index (χ4v) is 1.25. The Bertz CT molecular complexity index is 438. The minimum absolute atomic E-state index is 0.0734. The SMILES string of the molecule is N#CCC(O)C(O)c1c[nH]c(=O)c(Cl)c1. The van der Waals surface area contributed by atoms with Gasteiger partial charge in [0.15, 0.2) is 0 Å². The maximum atomic E-state index is 10.9. The van der Waals surface area contributed by atoms with Gasteiger partial charge in [0.1, 0.15) is 11.1 Å². The highest BCUT2D eigenvalue weighted by Crippen LogP contribution is 2.18. The summed E-state index contributed by atoms with van der Waals surface area (Å²) in [7, 11) is 0. The third-order valence-corrected chi connectivity index (χ3v) is 2.17. The minimum atomic E-state index is -1.24. The Morgan fingerprint density at radius 3 is 2.80 bits per heavy atom. The van der Waals surface area contributed by atoms with E-state index >= 15 is 0 Å². The monoisotopic (exact) mass is 228 g/mol. The largest absolute Gasteiger partial charge is 0.389 e. The highest BCUT2D eigenvalue weighted by Gasteiger charge is 2.18. The van der Waals surface area contributed by atoms with Gasteiger partial charge in [-0.2, -0.15) is 5.26 Å². The summed E-state index contributed by atoms with van der Waals surface area (Å²) in [6.45, 7) is 0. The van der Waals surface area contributed by atoms with Crippen LogP contribution in [0.5, 0.6) is 0 Å². The third kappa shape index (κ3) is 2.80. The molecule has 80 valence electrons. The van der Waals surface area contributed by atoms with Crippen molar-refractivity contribution in [3.8, 4) is 6.07 Å². The smallest absolute Gasteiger partial charge is 0.266 e. The first-order valence-electron chi connectivity index (χ1n) is 4.17. The number of halogens is 1. The predicted octanol–water partition coefficient (Wildman–Crippen LogP) is 0.336. The van der Waals surface area contributed by atoms with Crippen molar-refractivity contribution >= 4 is 11.6 Å². The van der Waals surface area contributed by atoms with Gasteiger partial charge in [-0.25, -0.2) is 0 Å². The molecule has 1 aromatic heterocycles. The summed E-state index contributed by atoms with van der Waals surface area (Å²) in [4.78, 5) is 13.2. The van der Waals surface area contributed by atoms with E-state index in [9.17, 15) is 15.0 Å². The molecule has 0 aliphatic rings. The second kappa shape index (κ2) is 4.94. The molecule has 2 unspecified atom stereocenters. The Morgan fingerprint density at radius 1 is 1.60 bits per heavy atom. The van der Waals surface area contributed by atoms with E-state index in [1.54, 1.807) is 6.07 Å². The van der Waals surface area contributed by atoms with Crippen LogP contribution in [0.3, 0.4) is 0 Å². The first kappa shape index (κ1) is 11.7. The summed E-state index contributed by atoms with van der Waals surface area (Å²) in [6, 6.07) is 2.98. The predicted molar refractivity (Wildman–Crippen MR) is 53.3 cm³/mol. The number of hydrogen-bond donors (Lipinski definition) is 3. The third-order valence-electron chi connectivity index (χ3n) is 1.89. The van der Waals surface area contributed by atoms with Crippen LogP contribution in [0.25, 0.3) is 0 Å².